The zero-order valence-corrected chi connectivity index (χ0v) is 16.5. The van der Waals surface area contributed by atoms with Gasteiger partial charge in [0, 0.05) is 23.8 Å². The van der Waals surface area contributed by atoms with Crippen molar-refractivity contribution in [3.05, 3.63) is 29.3 Å². The monoisotopic (exact) mass is 385 g/mol. The van der Waals surface area contributed by atoms with Gasteiger partial charge in [0.2, 0.25) is 17.7 Å². The van der Waals surface area contributed by atoms with Gasteiger partial charge in [-0.25, -0.2) is 0 Å². The molecule has 0 saturated carbocycles. The summed E-state index contributed by atoms with van der Waals surface area (Å²) in [6.45, 7) is 5.96. The number of para-hydroxylation sites is 1. The molecule has 28 heavy (non-hydrogen) atoms. The van der Waals surface area contributed by atoms with Gasteiger partial charge in [-0.1, -0.05) is 38.5 Å². The number of imide groups is 1. The molecule has 0 bridgehead atoms. The Labute approximate surface area is 164 Å². The van der Waals surface area contributed by atoms with E-state index in [1.807, 2.05) is 32.0 Å². The Morgan fingerprint density at radius 2 is 1.96 bits per heavy atom. The highest BCUT2D eigenvalue weighted by molar-refractivity contribution is 6.15. The van der Waals surface area contributed by atoms with Crippen LogP contribution in [0.5, 0.6) is 0 Å². The molecule has 5 atom stereocenters. The normalized spacial score (nSPS) is 32.1. The average molecular weight is 385 g/mol. The van der Waals surface area contributed by atoms with Crippen molar-refractivity contribution in [1.29, 1.82) is 0 Å². The van der Waals surface area contributed by atoms with E-state index in [0.717, 1.165) is 30.5 Å². The number of hydrogen-bond acceptors (Lipinski definition) is 5. The Balaban J connectivity index is 1.87. The molecule has 150 valence electrons. The quantitative estimate of drug-likeness (QED) is 0.661. The molecule has 1 aromatic rings. The minimum atomic E-state index is -1.32. The third kappa shape index (κ3) is 2.32. The number of hydrogen-bond donors (Lipinski definition) is 3. The predicted molar refractivity (Wildman–Crippen MR) is 103 cm³/mol. The number of unbranched alkanes of at least 4 members (excludes halogenated alkanes) is 1. The molecule has 2 saturated heterocycles. The van der Waals surface area contributed by atoms with Crippen molar-refractivity contribution in [2.45, 2.75) is 57.7 Å². The van der Waals surface area contributed by atoms with E-state index in [2.05, 4.69) is 10.6 Å². The van der Waals surface area contributed by atoms with Gasteiger partial charge in [-0.3, -0.25) is 24.6 Å². The molecule has 1 aromatic carbocycles. The van der Waals surface area contributed by atoms with Gasteiger partial charge in [0.15, 0.2) is 0 Å². The highest BCUT2D eigenvalue weighted by Gasteiger charge is 2.71. The van der Waals surface area contributed by atoms with Crippen molar-refractivity contribution in [2.75, 3.05) is 11.9 Å². The van der Waals surface area contributed by atoms with Crippen LogP contribution in [0.15, 0.2) is 18.2 Å². The van der Waals surface area contributed by atoms with Crippen LogP contribution in [-0.2, 0) is 26.3 Å². The number of carbonyl (C=O) groups excluding carboxylic acids is 3. The first-order valence-electron chi connectivity index (χ1n) is 10.1. The fraction of sp³-hybridized carbons (Fsp3) is 0.571. The number of aliphatic hydroxyl groups excluding tert-OH is 1. The number of nitrogens with one attached hydrogen (secondary N) is 2. The largest absolute Gasteiger partial charge is 0.392 e. The second-order valence-electron chi connectivity index (χ2n) is 8.05. The first-order valence-corrected chi connectivity index (χ1v) is 10.1. The van der Waals surface area contributed by atoms with Crippen LogP contribution in [0.1, 0.15) is 44.7 Å². The smallest absolute Gasteiger partial charge is 0.250 e. The fourth-order valence-corrected chi connectivity index (χ4v) is 5.13. The lowest BCUT2D eigenvalue weighted by atomic mass is 9.76. The van der Waals surface area contributed by atoms with Gasteiger partial charge in [-0.05, 0) is 25.3 Å². The van der Waals surface area contributed by atoms with Crippen LogP contribution < -0.4 is 10.6 Å². The summed E-state index contributed by atoms with van der Waals surface area (Å²) < 4.78 is 0. The summed E-state index contributed by atoms with van der Waals surface area (Å²) in [4.78, 5) is 41.0. The summed E-state index contributed by atoms with van der Waals surface area (Å²) in [7, 11) is 0. The summed E-state index contributed by atoms with van der Waals surface area (Å²) >= 11 is 0. The number of carbonyl (C=O) groups is 3. The average Bonchev–Trinajstić information content (AvgIpc) is 3.26. The van der Waals surface area contributed by atoms with Crippen LogP contribution in [0.25, 0.3) is 0 Å². The van der Waals surface area contributed by atoms with Crippen LogP contribution >= 0.6 is 0 Å². The molecular weight excluding hydrogens is 358 g/mol. The van der Waals surface area contributed by atoms with E-state index in [0.29, 0.717) is 12.1 Å². The molecule has 3 N–H and O–H groups in total. The molecule has 7 nitrogen and oxygen atoms in total. The second kappa shape index (κ2) is 6.67. The molecule has 0 radical (unpaired) electrons. The summed E-state index contributed by atoms with van der Waals surface area (Å²) in [5.41, 5.74) is 1.09. The zero-order chi connectivity index (χ0) is 20.2. The number of aliphatic hydroxyl groups is 1. The van der Waals surface area contributed by atoms with Crippen LogP contribution in [0, 0.1) is 11.8 Å². The number of anilines is 1. The maximum Gasteiger partial charge on any atom is 0.250 e. The fourth-order valence-electron chi connectivity index (χ4n) is 5.13. The molecule has 3 aliphatic rings. The summed E-state index contributed by atoms with van der Waals surface area (Å²) in [5, 5.41) is 16.6. The van der Waals surface area contributed by atoms with E-state index in [-0.39, 0.29) is 17.7 Å². The maximum atomic E-state index is 13.3. The van der Waals surface area contributed by atoms with E-state index in [1.165, 1.54) is 4.90 Å². The standard InChI is InChI=1S/C21H27N3O4/c1-4-6-10-24-18(26)14-15(19(24)27)21(23-16(14)11(3)25)13-9-7-8-12(5-2)17(13)22-20(21)28/h7-9,11,14-16,23,25H,4-6,10H2,1-3H3,(H,22,28). The van der Waals surface area contributed by atoms with Crippen LogP contribution in [-0.4, -0.2) is 46.4 Å². The van der Waals surface area contributed by atoms with E-state index >= 15 is 0 Å². The Bertz CT molecular complexity index is 852. The van der Waals surface area contributed by atoms with E-state index in [9.17, 15) is 19.5 Å². The van der Waals surface area contributed by atoms with Gasteiger partial charge < -0.3 is 10.4 Å². The molecule has 1 spiro atoms. The van der Waals surface area contributed by atoms with Gasteiger partial charge in [0.25, 0.3) is 0 Å². The third-order valence-corrected chi connectivity index (χ3v) is 6.50. The Morgan fingerprint density at radius 3 is 2.61 bits per heavy atom. The number of nitrogens with zero attached hydrogens (tertiary/aromatic N) is 1. The summed E-state index contributed by atoms with van der Waals surface area (Å²) in [6.07, 6.45) is 1.45. The van der Waals surface area contributed by atoms with Gasteiger partial charge in [0.05, 0.1) is 17.9 Å². The number of fused-ring (bicyclic) bond motifs is 4. The van der Waals surface area contributed by atoms with Crippen molar-refractivity contribution in [3.63, 3.8) is 0 Å². The number of amides is 3. The van der Waals surface area contributed by atoms with Crippen molar-refractivity contribution < 1.29 is 19.5 Å². The predicted octanol–water partition coefficient (Wildman–Crippen LogP) is 1.15. The summed E-state index contributed by atoms with van der Waals surface area (Å²) in [5.74, 6) is -2.51. The van der Waals surface area contributed by atoms with Crippen LogP contribution in [0.3, 0.4) is 0 Å². The molecule has 0 aliphatic carbocycles. The van der Waals surface area contributed by atoms with Crippen molar-refractivity contribution in [3.8, 4) is 0 Å². The lowest BCUT2D eigenvalue weighted by molar-refractivity contribution is -0.143. The molecule has 7 heteroatoms. The number of aryl methyl sites for hydroxylation is 1. The minimum absolute atomic E-state index is 0.286. The van der Waals surface area contributed by atoms with E-state index in [4.69, 9.17) is 0 Å². The highest BCUT2D eigenvalue weighted by Crippen LogP contribution is 2.53. The van der Waals surface area contributed by atoms with Crippen molar-refractivity contribution in [1.82, 2.24) is 10.2 Å². The molecule has 3 aliphatic heterocycles. The zero-order valence-electron chi connectivity index (χ0n) is 16.5. The number of rotatable bonds is 5. The molecule has 5 unspecified atom stereocenters. The minimum Gasteiger partial charge on any atom is -0.392 e. The number of benzene rings is 1. The molecule has 4 rings (SSSR count). The highest BCUT2D eigenvalue weighted by atomic mass is 16.3. The topological polar surface area (TPSA) is 98.7 Å². The maximum absolute atomic E-state index is 13.3. The molecule has 3 heterocycles. The Morgan fingerprint density at radius 1 is 1.21 bits per heavy atom. The Kier molecular flexibility index (Phi) is 4.55. The lowest BCUT2D eigenvalue weighted by Crippen LogP contribution is -2.54. The van der Waals surface area contributed by atoms with Gasteiger partial charge in [-0.2, -0.15) is 0 Å². The van der Waals surface area contributed by atoms with Gasteiger partial charge >= 0.3 is 0 Å². The van der Waals surface area contributed by atoms with Gasteiger partial charge in [-0.15, -0.1) is 0 Å². The van der Waals surface area contributed by atoms with Crippen LogP contribution in [0.4, 0.5) is 5.69 Å². The van der Waals surface area contributed by atoms with Crippen LogP contribution in [0.2, 0.25) is 0 Å². The Hall–Kier alpha value is -2.25. The summed E-state index contributed by atoms with van der Waals surface area (Å²) in [6, 6.07) is 5.01. The SMILES string of the molecule is CCCCN1C(=O)C2C(C(C)O)NC3(C(=O)Nc4c(CC)cccc43)C2C1=O. The lowest BCUT2D eigenvalue weighted by Gasteiger charge is -2.30. The first kappa shape index (κ1) is 19.1. The first-order chi connectivity index (χ1) is 13.4. The molecule has 3 amide bonds. The van der Waals surface area contributed by atoms with Gasteiger partial charge in [0.1, 0.15) is 5.54 Å². The molecule has 2 fully saturated rings. The van der Waals surface area contributed by atoms with Crippen molar-refractivity contribution in [2.24, 2.45) is 11.8 Å². The van der Waals surface area contributed by atoms with Crippen molar-refractivity contribution >= 4 is 23.4 Å². The molecular formula is C21H27N3O4. The van der Waals surface area contributed by atoms with E-state index < -0.39 is 29.5 Å². The van der Waals surface area contributed by atoms with E-state index in [1.54, 1.807) is 6.92 Å². The third-order valence-electron chi connectivity index (χ3n) is 6.50. The second-order valence-corrected chi connectivity index (χ2v) is 8.05. The number of likely N-dealkylation sites (tertiary alicyclic amines) is 1. The molecule has 0 aromatic heterocycles.